The number of hydrogen-bond donors (Lipinski definition) is 0. The van der Waals surface area contributed by atoms with Crippen LogP contribution in [-0.4, -0.2) is 17.3 Å². The number of rotatable bonds is 4. The van der Waals surface area contributed by atoms with E-state index in [0.717, 1.165) is 0 Å². The molecule has 0 saturated heterocycles. The molecule has 0 spiro atoms. The van der Waals surface area contributed by atoms with E-state index in [4.69, 9.17) is 11.6 Å². The topological polar surface area (TPSA) is 43.4 Å². The Bertz CT molecular complexity index is 166. The second-order valence-corrected chi connectivity index (χ2v) is 3.33. The average molecular weight is 193 g/mol. The van der Waals surface area contributed by atoms with E-state index >= 15 is 0 Å². The Morgan fingerprint density at radius 3 is 2.42 bits per heavy atom. The highest BCUT2D eigenvalue weighted by Crippen LogP contribution is 2.02. The van der Waals surface area contributed by atoms with Gasteiger partial charge in [-0.15, -0.1) is 11.6 Å². The van der Waals surface area contributed by atoms with E-state index in [1.165, 1.54) is 0 Å². The van der Waals surface area contributed by atoms with Crippen molar-refractivity contribution in [3.05, 3.63) is 0 Å². The Balaban J connectivity index is 3.62. The van der Waals surface area contributed by atoms with Gasteiger partial charge in [0.1, 0.15) is 0 Å². The van der Waals surface area contributed by atoms with Crippen molar-refractivity contribution in [3.63, 3.8) is 0 Å². The van der Waals surface area contributed by atoms with Crippen LogP contribution in [0, 0.1) is 0 Å². The molecule has 12 heavy (non-hydrogen) atoms. The van der Waals surface area contributed by atoms with Crippen LogP contribution in [0.1, 0.15) is 33.1 Å². The van der Waals surface area contributed by atoms with Crippen molar-refractivity contribution in [1.82, 2.24) is 0 Å². The maximum atomic E-state index is 10.8. The summed E-state index contributed by atoms with van der Waals surface area (Å²) in [6, 6.07) is 0. The molecule has 0 saturated carbocycles. The van der Waals surface area contributed by atoms with Crippen LogP contribution in [0.5, 0.6) is 0 Å². The van der Waals surface area contributed by atoms with E-state index in [0.29, 0.717) is 6.42 Å². The molecule has 0 N–H and O–H groups in total. The summed E-state index contributed by atoms with van der Waals surface area (Å²) in [5.41, 5.74) is 0. The first-order valence-corrected chi connectivity index (χ1v) is 4.37. The predicted molar refractivity (Wildman–Crippen MR) is 45.9 cm³/mol. The van der Waals surface area contributed by atoms with Crippen LogP contribution in [0.25, 0.3) is 0 Å². The zero-order chi connectivity index (χ0) is 9.56. The van der Waals surface area contributed by atoms with Crippen LogP contribution < -0.4 is 0 Å². The summed E-state index contributed by atoms with van der Waals surface area (Å²) >= 11 is 5.52. The zero-order valence-electron chi connectivity index (χ0n) is 7.30. The van der Waals surface area contributed by atoms with Crippen molar-refractivity contribution in [1.29, 1.82) is 0 Å². The Morgan fingerprint density at radius 1 is 1.42 bits per heavy atom. The first kappa shape index (κ1) is 11.4. The van der Waals surface area contributed by atoms with Crippen LogP contribution >= 0.6 is 11.6 Å². The molecule has 0 radical (unpaired) electrons. The normalized spacial score (nSPS) is 12.2. The fraction of sp³-hybridized carbons (Fsp3) is 0.750. The summed E-state index contributed by atoms with van der Waals surface area (Å²) in [6.45, 7) is 3.52. The van der Waals surface area contributed by atoms with Crippen LogP contribution in [-0.2, 0) is 14.3 Å². The van der Waals surface area contributed by atoms with Crippen LogP contribution in [0.2, 0.25) is 0 Å². The summed E-state index contributed by atoms with van der Waals surface area (Å²) < 4.78 is 4.44. The molecular weight excluding hydrogens is 180 g/mol. The van der Waals surface area contributed by atoms with Crippen molar-refractivity contribution in [2.75, 3.05) is 0 Å². The van der Waals surface area contributed by atoms with E-state index < -0.39 is 11.9 Å². The summed E-state index contributed by atoms with van der Waals surface area (Å²) in [5, 5.41) is -0.285. The van der Waals surface area contributed by atoms with Crippen molar-refractivity contribution in [2.45, 2.75) is 38.5 Å². The van der Waals surface area contributed by atoms with Gasteiger partial charge < -0.3 is 4.74 Å². The lowest BCUT2D eigenvalue weighted by Crippen LogP contribution is -2.14. The van der Waals surface area contributed by atoms with Gasteiger partial charge in [-0.05, 0) is 13.3 Å². The Hall–Kier alpha value is -0.570. The highest BCUT2D eigenvalue weighted by Gasteiger charge is 2.11. The Labute approximate surface area is 77.0 Å². The van der Waals surface area contributed by atoms with E-state index in [9.17, 15) is 9.59 Å². The molecule has 0 aliphatic carbocycles. The highest BCUT2D eigenvalue weighted by atomic mass is 35.5. The second kappa shape index (κ2) is 6.00. The minimum absolute atomic E-state index is 0.0804. The predicted octanol–water partition coefficient (Wildman–Crippen LogP) is 1.87. The Morgan fingerprint density at radius 2 is 2.00 bits per heavy atom. The number of esters is 2. The standard InChI is InChI=1S/C8H13ClO3/c1-3-4-7(10)12-8(11)5-6(2)9/h6H,3-5H2,1-2H3. The molecule has 0 bridgehead atoms. The lowest BCUT2D eigenvalue weighted by atomic mass is 10.3. The number of alkyl halides is 1. The van der Waals surface area contributed by atoms with Crippen LogP contribution in [0.15, 0.2) is 0 Å². The van der Waals surface area contributed by atoms with Crippen molar-refractivity contribution < 1.29 is 14.3 Å². The molecule has 0 aliphatic rings. The lowest BCUT2D eigenvalue weighted by molar-refractivity contribution is -0.159. The number of carbonyl (C=O) groups excluding carboxylic acids is 2. The largest absolute Gasteiger partial charge is 0.393 e. The summed E-state index contributed by atoms with van der Waals surface area (Å²) in [5.74, 6) is -1.02. The van der Waals surface area contributed by atoms with Gasteiger partial charge in [-0.3, -0.25) is 9.59 Å². The molecule has 0 heterocycles. The summed E-state index contributed by atoms with van der Waals surface area (Å²) in [7, 11) is 0. The quantitative estimate of drug-likeness (QED) is 0.388. The van der Waals surface area contributed by atoms with Crippen LogP contribution in [0.3, 0.4) is 0 Å². The molecule has 0 rings (SSSR count). The maximum absolute atomic E-state index is 10.8. The molecule has 0 aromatic rings. The Kier molecular flexibility index (Phi) is 5.72. The number of halogens is 1. The third-order valence-electron chi connectivity index (χ3n) is 1.13. The molecule has 70 valence electrons. The first-order chi connectivity index (χ1) is 5.56. The van der Waals surface area contributed by atoms with Gasteiger partial charge in [0.05, 0.1) is 6.42 Å². The maximum Gasteiger partial charge on any atom is 0.314 e. The minimum atomic E-state index is -0.545. The molecule has 4 heteroatoms. The van der Waals surface area contributed by atoms with Gasteiger partial charge in [-0.1, -0.05) is 6.92 Å². The summed E-state index contributed by atoms with van der Waals surface area (Å²) in [6.07, 6.45) is 1.04. The van der Waals surface area contributed by atoms with E-state index in [1.807, 2.05) is 6.92 Å². The van der Waals surface area contributed by atoms with Gasteiger partial charge in [0, 0.05) is 11.8 Å². The fourth-order valence-electron chi connectivity index (χ4n) is 0.653. The molecule has 0 fully saturated rings. The second-order valence-electron chi connectivity index (χ2n) is 2.58. The zero-order valence-corrected chi connectivity index (χ0v) is 8.06. The van der Waals surface area contributed by atoms with Gasteiger partial charge in [0.15, 0.2) is 0 Å². The number of ether oxygens (including phenoxy) is 1. The smallest absolute Gasteiger partial charge is 0.314 e. The molecule has 0 aromatic carbocycles. The van der Waals surface area contributed by atoms with Crippen molar-refractivity contribution in [2.24, 2.45) is 0 Å². The van der Waals surface area contributed by atoms with Gasteiger partial charge in [0.2, 0.25) is 0 Å². The number of carbonyl (C=O) groups is 2. The fourth-order valence-corrected chi connectivity index (χ4v) is 0.779. The highest BCUT2D eigenvalue weighted by molar-refractivity contribution is 6.21. The average Bonchev–Trinajstić information content (AvgIpc) is 1.84. The minimum Gasteiger partial charge on any atom is -0.393 e. The molecule has 3 nitrogen and oxygen atoms in total. The van der Waals surface area contributed by atoms with Crippen molar-refractivity contribution in [3.8, 4) is 0 Å². The lowest BCUT2D eigenvalue weighted by Gasteiger charge is -2.02. The first-order valence-electron chi connectivity index (χ1n) is 3.93. The van der Waals surface area contributed by atoms with Gasteiger partial charge >= 0.3 is 11.9 Å². The van der Waals surface area contributed by atoms with E-state index in [1.54, 1.807) is 6.92 Å². The molecule has 1 atom stereocenters. The third-order valence-corrected chi connectivity index (χ3v) is 1.28. The van der Waals surface area contributed by atoms with Gasteiger partial charge in [-0.2, -0.15) is 0 Å². The SMILES string of the molecule is CCCC(=O)OC(=O)CC(C)Cl. The third kappa shape index (κ3) is 6.16. The van der Waals surface area contributed by atoms with E-state index in [2.05, 4.69) is 4.74 Å². The monoisotopic (exact) mass is 192 g/mol. The molecule has 1 unspecified atom stereocenters. The summed E-state index contributed by atoms with van der Waals surface area (Å²) in [4.78, 5) is 21.6. The molecular formula is C8H13ClO3. The van der Waals surface area contributed by atoms with Crippen molar-refractivity contribution >= 4 is 23.5 Å². The molecule has 0 aliphatic heterocycles. The van der Waals surface area contributed by atoms with Crippen LogP contribution in [0.4, 0.5) is 0 Å². The van der Waals surface area contributed by atoms with E-state index in [-0.39, 0.29) is 18.2 Å². The van der Waals surface area contributed by atoms with Gasteiger partial charge in [-0.25, -0.2) is 0 Å². The van der Waals surface area contributed by atoms with Gasteiger partial charge in [0.25, 0.3) is 0 Å². The molecule has 0 amide bonds. The number of hydrogen-bond acceptors (Lipinski definition) is 3. The molecule has 0 aromatic heterocycles.